The van der Waals surface area contributed by atoms with Gasteiger partial charge in [0.25, 0.3) is 5.91 Å². The second-order valence-electron chi connectivity index (χ2n) is 5.42. The van der Waals surface area contributed by atoms with Gasteiger partial charge >= 0.3 is 0 Å². The van der Waals surface area contributed by atoms with E-state index in [1.807, 2.05) is 13.8 Å². The number of amides is 1. The molecule has 1 aromatic carbocycles. The lowest BCUT2D eigenvalue weighted by molar-refractivity contribution is 0.102. The number of methoxy groups -OCH3 is 1. The lowest BCUT2D eigenvalue weighted by Gasteiger charge is -2.04. The molecule has 2 heterocycles. The lowest BCUT2D eigenvalue weighted by Crippen LogP contribution is -2.11. The Morgan fingerprint density at radius 1 is 1.38 bits per heavy atom. The quantitative estimate of drug-likeness (QED) is 0.779. The van der Waals surface area contributed by atoms with Crippen LogP contribution in [0.4, 0.5) is 5.69 Å². The van der Waals surface area contributed by atoms with Gasteiger partial charge < -0.3 is 14.6 Å². The van der Waals surface area contributed by atoms with Crippen molar-refractivity contribution >= 4 is 11.6 Å². The van der Waals surface area contributed by atoms with E-state index in [4.69, 9.17) is 9.26 Å². The van der Waals surface area contributed by atoms with Crippen molar-refractivity contribution in [3.63, 3.8) is 0 Å². The molecule has 0 atom stereocenters. The Labute approximate surface area is 139 Å². The van der Waals surface area contributed by atoms with Gasteiger partial charge in [0, 0.05) is 17.3 Å². The van der Waals surface area contributed by atoms with Gasteiger partial charge in [-0.2, -0.15) is 5.10 Å². The zero-order valence-corrected chi connectivity index (χ0v) is 13.7. The van der Waals surface area contributed by atoms with Crippen LogP contribution in [0.25, 0.3) is 0 Å². The average Bonchev–Trinajstić information content (AvgIpc) is 3.16. The summed E-state index contributed by atoms with van der Waals surface area (Å²) in [7, 11) is 1.57. The van der Waals surface area contributed by atoms with E-state index in [0.29, 0.717) is 23.5 Å². The van der Waals surface area contributed by atoms with Crippen LogP contribution in [0.2, 0.25) is 0 Å². The van der Waals surface area contributed by atoms with Crippen molar-refractivity contribution in [1.82, 2.24) is 14.9 Å². The van der Waals surface area contributed by atoms with E-state index in [2.05, 4.69) is 15.6 Å². The van der Waals surface area contributed by atoms with Crippen LogP contribution in [0.5, 0.6) is 5.75 Å². The molecule has 0 saturated carbocycles. The molecule has 7 heteroatoms. The first kappa shape index (κ1) is 15.8. The third-order valence-electron chi connectivity index (χ3n) is 3.72. The Balaban J connectivity index is 1.70. The van der Waals surface area contributed by atoms with E-state index in [-0.39, 0.29) is 5.91 Å². The molecule has 0 saturated heterocycles. The van der Waals surface area contributed by atoms with Crippen LogP contribution in [-0.4, -0.2) is 28.0 Å². The first-order valence-corrected chi connectivity index (χ1v) is 7.46. The molecule has 0 fully saturated rings. The number of aromatic nitrogens is 3. The van der Waals surface area contributed by atoms with Gasteiger partial charge in [0.05, 0.1) is 31.2 Å². The molecule has 1 amide bonds. The summed E-state index contributed by atoms with van der Waals surface area (Å²) in [4.78, 5) is 12.3. The fourth-order valence-corrected chi connectivity index (χ4v) is 2.37. The van der Waals surface area contributed by atoms with Gasteiger partial charge in [-0.05, 0) is 32.0 Å². The maximum Gasteiger partial charge on any atom is 0.255 e. The number of carbonyl (C=O) groups is 1. The van der Waals surface area contributed by atoms with Crippen molar-refractivity contribution in [3.8, 4) is 5.75 Å². The zero-order chi connectivity index (χ0) is 17.1. The fourth-order valence-electron chi connectivity index (χ4n) is 2.37. The Bertz CT molecular complexity index is 847. The van der Waals surface area contributed by atoms with Crippen molar-refractivity contribution < 1.29 is 14.1 Å². The summed E-state index contributed by atoms with van der Waals surface area (Å²) in [6.45, 7) is 4.29. The Morgan fingerprint density at radius 3 is 2.92 bits per heavy atom. The SMILES string of the molecule is COc1cccc(C(=O)Nc2cnn(Cc3c(C)noc3C)c2)c1. The molecule has 2 aromatic heterocycles. The smallest absolute Gasteiger partial charge is 0.255 e. The first-order chi connectivity index (χ1) is 11.6. The average molecular weight is 326 g/mol. The summed E-state index contributed by atoms with van der Waals surface area (Å²) in [5.41, 5.74) is 2.97. The molecule has 0 unspecified atom stereocenters. The molecule has 3 aromatic rings. The van der Waals surface area contributed by atoms with Gasteiger partial charge in [0.2, 0.25) is 0 Å². The molecule has 1 N–H and O–H groups in total. The molecular weight excluding hydrogens is 308 g/mol. The topological polar surface area (TPSA) is 82.2 Å². The summed E-state index contributed by atoms with van der Waals surface area (Å²) < 4.78 is 12.0. The molecule has 0 spiro atoms. The van der Waals surface area contributed by atoms with Crippen molar-refractivity contribution in [2.24, 2.45) is 0 Å². The molecule has 124 valence electrons. The number of carbonyl (C=O) groups excluding carboxylic acids is 1. The number of benzene rings is 1. The van der Waals surface area contributed by atoms with Gasteiger partial charge in [-0.1, -0.05) is 11.2 Å². The minimum atomic E-state index is -0.217. The van der Waals surface area contributed by atoms with Gasteiger partial charge in [-0.3, -0.25) is 9.48 Å². The number of hydrogen-bond acceptors (Lipinski definition) is 5. The molecule has 0 bridgehead atoms. The summed E-state index contributed by atoms with van der Waals surface area (Å²) in [6.07, 6.45) is 3.38. The van der Waals surface area contributed by atoms with Crippen LogP contribution < -0.4 is 10.1 Å². The van der Waals surface area contributed by atoms with E-state index < -0.39 is 0 Å². The first-order valence-electron chi connectivity index (χ1n) is 7.46. The molecular formula is C17H18N4O3. The van der Waals surface area contributed by atoms with E-state index >= 15 is 0 Å². The Hall–Kier alpha value is -3.09. The highest BCUT2D eigenvalue weighted by Crippen LogP contribution is 2.17. The summed E-state index contributed by atoms with van der Waals surface area (Å²) in [5.74, 6) is 1.19. The maximum absolute atomic E-state index is 12.3. The van der Waals surface area contributed by atoms with Crippen LogP contribution in [0.3, 0.4) is 0 Å². The van der Waals surface area contributed by atoms with E-state index in [1.54, 1.807) is 48.5 Å². The number of rotatable bonds is 5. The zero-order valence-electron chi connectivity index (χ0n) is 13.7. The van der Waals surface area contributed by atoms with Crippen molar-refractivity contribution in [3.05, 3.63) is 59.2 Å². The molecule has 24 heavy (non-hydrogen) atoms. The Kier molecular flexibility index (Phi) is 4.33. The van der Waals surface area contributed by atoms with Crippen LogP contribution in [0.1, 0.15) is 27.4 Å². The normalized spacial score (nSPS) is 10.6. The minimum absolute atomic E-state index is 0.217. The van der Waals surface area contributed by atoms with E-state index in [9.17, 15) is 4.79 Å². The van der Waals surface area contributed by atoms with Crippen LogP contribution in [-0.2, 0) is 6.54 Å². The summed E-state index contributed by atoms with van der Waals surface area (Å²) >= 11 is 0. The van der Waals surface area contributed by atoms with Crippen LogP contribution in [0.15, 0.2) is 41.2 Å². The fraction of sp³-hybridized carbons (Fsp3) is 0.235. The summed E-state index contributed by atoms with van der Waals surface area (Å²) in [6, 6.07) is 6.98. The number of aryl methyl sites for hydroxylation is 2. The third-order valence-corrected chi connectivity index (χ3v) is 3.72. The lowest BCUT2D eigenvalue weighted by atomic mass is 10.2. The minimum Gasteiger partial charge on any atom is -0.497 e. The van der Waals surface area contributed by atoms with Crippen LogP contribution in [0, 0.1) is 13.8 Å². The highest BCUT2D eigenvalue weighted by molar-refractivity contribution is 6.04. The van der Waals surface area contributed by atoms with Crippen molar-refractivity contribution in [1.29, 1.82) is 0 Å². The Morgan fingerprint density at radius 2 is 2.21 bits per heavy atom. The summed E-state index contributed by atoms with van der Waals surface area (Å²) in [5, 5.41) is 11.0. The molecule has 0 aliphatic rings. The van der Waals surface area contributed by atoms with Gasteiger partial charge in [0.1, 0.15) is 11.5 Å². The highest BCUT2D eigenvalue weighted by Gasteiger charge is 2.12. The standard InChI is InChI=1S/C17H18N4O3/c1-11-16(12(2)24-20-11)10-21-9-14(8-18-21)19-17(22)13-5-4-6-15(7-13)23-3/h4-9H,10H2,1-3H3,(H,19,22). The molecule has 0 aliphatic heterocycles. The molecule has 0 radical (unpaired) electrons. The monoisotopic (exact) mass is 326 g/mol. The van der Waals surface area contributed by atoms with Crippen molar-refractivity contribution in [2.45, 2.75) is 20.4 Å². The largest absolute Gasteiger partial charge is 0.497 e. The van der Waals surface area contributed by atoms with E-state index in [0.717, 1.165) is 17.0 Å². The second kappa shape index (κ2) is 6.57. The maximum atomic E-state index is 12.3. The molecule has 7 nitrogen and oxygen atoms in total. The number of anilines is 1. The van der Waals surface area contributed by atoms with Gasteiger partial charge in [0.15, 0.2) is 0 Å². The molecule has 0 aliphatic carbocycles. The van der Waals surface area contributed by atoms with Gasteiger partial charge in [-0.25, -0.2) is 0 Å². The predicted molar refractivity (Wildman–Crippen MR) is 88.3 cm³/mol. The van der Waals surface area contributed by atoms with Crippen LogP contribution >= 0.6 is 0 Å². The third kappa shape index (κ3) is 3.29. The highest BCUT2D eigenvalue weighted by atomic mass is 16.5. The second-order valence-corrected chi connectivity index (χ2v) is 5.42. The predicted octanol–water partition coefficient (Wildman–Crippen LogP) is 2.80. The van der Waals surface area contributed by atoms with Crippen molar-refractivity contribution in [2.75, 3.05) is 12.4 Å². The number of ether oxygens (including phenoxy) is 1. The number of nitrogens with zero attached hydrogens (tertiary/aromatic N) is 3. The van der Waals surface area contributed by atoms with E-state index in [1.165, 1.54) is 0 Å². The number of nitrogens with one attached hydrogen (secondary N) is 1. The van der Waals surface area contributed by atoms with Gasteiger partial charge in [-0.15, -0.1) is 0 Å². The molecule has 3 rings (SSSR count). The number of hydrogen-bond donors (Lipinski definition) is 1.